The molecule has 0 amide bonds. The molecule has 0 unspecified atom stereocenters. The highest BCUT2D eigenvalue weighted by Gasteiger charge is 2.12. The topological polar surface area (TPSA) is 35.2 Å². The Hall–Kier alpha value is -1.18. The molecule has 0 aliphatic carbocycles. The Balaban J connectivity index is 2.73. The van der Waals surface area contributed by atoms with Crippen LogP contribution in [0.5, 0.6) is 5.75 Å². The van der Waals surface area contributed by atoms with Crippen molar-refractivity contribution < 1.29 is 4.74 Å². The Morgan fingerprint density at radius 2 is 1.93 bits per heavy atom. The average molecular weight is 193 g/mol. The predicted molar refractivity (Wildman–Crippen MR) is 60.5 cm³/mol. The fourth-order valence-corrected chi connectivity index (χ4v) is 1.08. The zero-order chi connectivity index (χ0) is 10.8. The number of ether oxygens (including phenoxy) is 1. The van der Waals surface area contributed by atoms with Crippen LogP contribution in [0, 0.1) is 12.3 Å². The maximum Gasteiger partial charge on any atom is 0.124 e. The van der Waals surface area contributed by atoms with E-state index in [4.69, 9.17) is 10.5 Å². The molecule has 0 heterocycles. The zero-order valence-corrected chi connectivity index (χ0v) is 9.42. The van der Waals surface area contributed by atoms with Crippen molar-refractivity contribution >= 4 is 5.69 Å². The van der Waals surface area contributed by atoms with Crippen LogP contribution >= 0.6 is 0 Å². The Labute approximate surface area is 86.1 Å². The summed E-state index contributed by atoms with van der Waals surface area (Å²) in [6, 6.07) is 5.76. The Morgan fingerprint density at radius 1 is 1.29 bits per heavy atom. The van der Waals surface area contributed by atoms with Crippen LogP contribution in [0.25, 0.3) is 0 Å². The van der Waals surface area contributed by atoms with Gasteiger partial charge in [-0.25, -0.2) is 0 Å². The molecular formula is C12H19NO. The van der Waals surface area contributed by atoms with E-state index in [2.05, 4.69) is 20.8 Å². The molecule has 1 aromatic carbocycles. The van der Waals surface area contributed by atoms with Crippen LogP contribution in [0.15, 0.2) is 18.2 Å². The summed E-state index contributed by atoms with van der Waals surface area (Å²) in [4.78, 5) is 0. The average Bonchev–Trinajstić information content (AvgIpc) is 2.06. The molecule has 0 fully saturated rings. The molecule has 0 atom stereocenters. The van der Waals surface area contributed by atoms with Crippen LogP contribution in [0.1, 0.15) is 26.3 Å². The monoisotopic (exact) mass is 193 g/mol. The van der Waals surface area contributed by atoms with Gasteiger partial charge >= 0.3 is 0 Å². The van der Waals surface area contributed by atoms with Gasteiger partial charge in [0.05, 0.1) is 6.61 Å². The van der Waals surface area contributed by atoms with Gasteiger partial charge in [0, 0.05) is 11.3 Å². The van der Waals surface area contributed by atoms with Crippen LogP contribution in [-0.2, 0) is 0 Å². The molecule has 78 valence electrons. The van der Waals surface area contributed by atoms with E-state index < -0.39 is 0 Å². The molecule has 0 saturated heterocycles. The first kappa shape index (κ1) is 10.9. The van der Waals surface area contributed by atoms with E-state index in [9.17, 15) is 0 Å². The normalized spacial score (nSPS) is 11.4. The minimum absolute atomic E-state index is 0.178. The van der Waals surface area contributed by atoms with Gasteiger partial charge in [-0.2, -0.15) is 0 Å². The van der Waals surface area contributed by atoms with E-state index in [-0.39, 0.29) is 5.41 Å². The molecule has 2 heteroatoms. The maximum absolute atomic E-state index is 5.78. The van der Waals surface area contributed by atoms with Gasteiger partial charge in [0.2, 0.25) is 0 Å². The van der Waals surface area contributed by atoms with Crippen molar-refractivity contribution in [1.29, 1.82) is 0 Å². The fourth-order valence-electron chi connectivity index (χ4n) is 1.08. The molecule has 0 saturated carbocycles. The van der Waals surface area contributed by atoms with Crippen LogP contribution in [0.3, 0.4) is 0 Å². The van der Waals surface area contributed by atoms with Crippen molar-refractivity contribution in [3.63, 3.8) is 0 Å². The first-order chi connectivity index (χ1) is 6.40. The van der Waals surface area contributed by atoms with Crippen molar-refractivity contribution in [3.05, 3.63) is 23.8 Å². The van der Waals surface area contributed by atoms with E-state index in [0.29, 0.717) is 6.61 Å². The highest BCUT2D eigenvalue weighted by atomic mass is 16.5. The second kappa shape index (κ2) is 3.91. The number of anilines is 1. The van der Waals surface area contributed by atoms with E-state index in [1.807, 2.05) is 25.1 Å². The summed E-state index contributed by atoms with van der Waals surface area (Å²) in [6.07, 6.45) is 0. The molecule has 1 rings (SSSR count). The molecule has 0 spiro atoms. The van der Waals surface area contributed by atoms with Gasteiger partial charge in [-0.1, -0.05) is 26.8 Å². The predicted octanol–water partition coefficient (Wildman–Crippen LogP) is 3.00. The van der Waals surface area contributed by atoms with Gasteiger partial charge in [-0.15, -0.1) is 0 Å². The smallest absolute Gasteiger partial charge is 0.124 e. The lowest BCUT2D eigenvalue weighted by molar-refractivity contribution is 0.197. The van der Waals surface area contributed by atoms with Crippen LogP contribution < -0.4 is 10.5 Å². The van der Waals surface area contributed by atoms with Gasteiger partial charge in [0.25, 0.3) is 0 Å². The van der Waals surface area contributed by atoms with Crippen molar-refractivity contribution in [2.45, 2.75) is 27.7 Å². The van der Waals surface area contributed by atoms with E-state index in [0.717, 1.165) is 17.0 Å². The lowest BCUT2D eigenvalue weighted by atomic mass is 9.98. The van der Waals surface area contributed by atoms with Crippen LogP contribution in [-0.4, -0.2) is 6.61 Å². The molecule has 0 aliphatic rings. The number of benzene rings is 1. The lowest BCUT2D eigenvalue weighted by Gasteiger charge is -2.20. The van der Waals surface area contributed by atoms with Crippen molar-refractivity contribution in [3.8, 4) is 5.75 Å². The van der Waals surface area contributed by atoms with Gasteiger partial charge in [0.1, 0.15) is 5.75 Å². The van der Waals surface area contributed by atoms with Gasteiger partial charge < -0.3 is 10.5 Å². The molecule has 0 radical (unpaired) electrons. The third-order valence-corrected chi connectivity index (χ3v) is 1.99. The molecule has 0 aromatic heterocycles. The summed E-state index contributed by atoms with van der Waals surface area (Å²) in [5.41, 5.74) is 7.77. The first-order valence-corrected chi connectivity index (χ1v) is 4.88. The summed E-state index contributed by atoms with van der Waals surface area (Å²) in [5, 5.41) is 0. The molecule has 2 nitrogen and oxygen atoms in total. The minimum atomic E-state index is 0.178. The quantitative estimate of drug-likeness (QED) is 0.733. The fraction of sp³-hybridized carbons (Fsp3) is 0.500. The second-order valence-electron chi connectivity index (χ2n) is 4.82. The largest absolute Gasteiger partial charge is 0.493 e. The lowest BCUT2D eigenvalue weighted by Crippen LogP contribution is -2.17. The van der Waals surface area contributed by atoms with E-state index in [1.165, 1.54) is 0 Å². The third kappa shape index (κ3) is 2.95. The number of nitrogens with two attached hydrogens (primary N) is 1. The zero-order valence-electron chi connectivity index (χ0n) is 9.42. The van der Waals surface area contributed by atoms with Gasteiger partial charge in [-0.05, 0) is 24.5 Å². The molecule has 1 aromatic rings. The van der Waals surface area contributed by atoms with Crippen molar-refractivity contribution in [2.24, 2.45) is 5.41 Å². The van der Waals surface area contributed by atoms with Crippen molar-refractivity contribution in [2.75, 3.05) is 12.3 Å². The second-order valence-corrected chi connectivity index (χ2v) is 4.82. The summed E-state index contributed by atoms with van der Waals surface area (Å²) >= 11 is 0. The standard InChI is InChI=1S/C12H19NO/c1-9-10(13)6-5-7-11(9)14-8-12(2,3)4/h5-7H,8,13H2,1-4H3. The summed E-state index contributed by atoms with van der Waals surface area (Å²) in [5.74, 6) is 0.889. The molecule has 0 bridgehead atoms. The number of nitrogen functional groups attached to an aromatic ring is 1. The van der Waals surface area contributed by atoms with E-state index >= 15 is 0 Å². The van der Waals surface area contributed by atoms with Crippen LogP contribution in [0.2, 0.25) is 0 Å². The third-order valence-electron chi connectivity index (χ3n) is 1.99. The number of hydrogen-bond donors (Lipinski definition) is 1. The van der Waals surface area contributed by atoms with Gasteiger partial charge in [-0.3, -0.25) is 0 Å². The maximum atomic E-state index is 5.78. The summed E-state index contributed by atoms with van der Waals surface area (Å²) in [7, 11) is 0. The molecule has 0 aliphatic heterocycles. The van der Waals surface area contributed by atoms with E-state index in [1.54, 1.807) is 0 Å². The number of hydrogen-bond acceptors (Lipinski definition) is 2. The Kier molecular flexibility index (Phi) is 3.04. The van der Waals surface area contributed by atoms with Crippen LogP contribution in [0.4, 0.5) is 5.69 Å². The summed E-state index contributed by atoms with van der Waals surface area (Å²) < 4.78 is 5.70. The Bertz CT molecular complexity index is 313. The summed E-state index contributed by atoms with van der Waals surface area (Å²) in [6.45, 7) is 9.13. The minimum Gasteiger partial charge on any atom is -0.493 e. The molecule has 14 heavy (non-hydrogen) atoms. The molecular weight excluding hydrogens is 174 g/mol. The van der Waals surface area contributed by atoms with Gasteiger partial charge in [0.15, 0.2) is 0 Å². The number of rotatable bonds is 2. The first-order valence-electron chi connectivity index (χ1n) is 4.88. The Morgan fingerprint density at radius 3 is 2.50 bits per heavy atom. The van der Waals surface area contributed by atoms with Crippen molar-refractivity contribution in [1.82, 2.24) is 0 Å². The molecule has 2 N–H and O–H groups in total. The SMILES string of the molecule is Cc1c(N)cccc1OCC(C)(C)C. The highest BCUT2D eigenvalue weighted by Crippen LogP contribution is 2.25. The highest BCUT2D eigenvalue weighted by molar-refractivity contribution is 5.53.